The van der Waals surface area contributed by atoms with Crippen molar-refractivity contribution in [1.29, 1.82) is 0 Å². The van der Waals surface area contributed by atoms with Crippen LogP contribution in [0.1, 0.15) is 18.1 Å². The first-order valence-corrected chi connectivity index (χ1v) is 11.2. The Morgan fingerprint density at radius 1 is 1.08 bits per heavy atom. The van der Waals surface area contributed by atoms with Crippen molar-refractivity contribution in [2.45, 2.75) is 19.5 Å². The number of aromatic nitrogens is 3. The second-order valence-electron chi connectivity index (χ2n) is 8.25. The highest BCUT2D eigenvalue weighted by molar-refractivity contribution is 5.93. The average molecular weight is 514 g/mol. The summed E-state index contributed by atoms with van der Waals surface area (Å²) in [4.78, 5) is 26.9. The van der Waals surface area contributed by atoms with Gasteiger partial charge in [0.2, 0.25) is 5.91 Å². The molecule has 192 valence electrons. The lowest BCUT2D eigenvalue weighted by Gasteiger charge is -2.13. The molecule has 0 atom stereocenters. The molecule has 2 N–H and O–H groups in total. The zero-order chi connectivity index (χ0) is 26.7. The van der Waals surface area contributed by atoms with E-state index in [1.54, 1.807) is 26.2 Å². The molecule has 11 heteroatoms. The van der Waals surface area contributed by atoms with Crippen LogP contribution in [0.15, 0.2) is 65.8 Å². The van der Waals surface area contributed by atoms with E-state index in [1.165, 1.54) is 41.3 Å². The van der Waals surface area contributed by atoms with Gasteiger partial charge in [-0.25, -0.2) is 4.39 Å². The molecule has 0 spiro atoms. The number of H-pyrrole nitrogens is 1. The summed E-state index contributed by atoms with van der Waals surface area (Å²) < 4.78 is 61.9. The van der Waals surface area contributed by atoms with Crippen molar-refractivity contribution in [1.82, 2.24) is 14.8 Å². The number of aryl methyl sites for hydroxylation is 1. The number of carbonyl (C=O) groups excluding carboxylic acids is 1. The van der Waals surface area contributed by atoms with Gasteiger partial charge in [-0.2, -0.15) is 18.3 Å². The zero-order valence-corrected chi connectivity index (χ0v) is 19.8. The van der Waals surface area contributed by atoms with Crippen LogP contribution in [0.2, 0.25) is 0 Å². The van der Waals surface area contributed by atoms with Crippen LogP contribution >= 0.6 is 0 Å². The summed E-state index contributed by atoms with van der Waals surface area (Å²) in [5, 5.41) is 6.40. The number of benzene rings is 2. The first-order valence-electron chi connectivity index (χ1n) is 11.2. The van der Waals surface area contributed by atoms with Crippen molar-refractivity contribution >= 4 is 11.6 Å². The van der Waals surface area contributed by atoms with Gasteiger partial charge in [0.15, 0.2) is 5.75 Å². The fourth-order valence-electron chi connectivity index (χ4n) is 3.74. The number of hydrogen-bond acceptors (Lipinski definition) is 4. The van der Waals surface area contributed by atoms with Crippen LogP contribution in [0, 0.1) is 5.82 Å². The smallest absolute Gasteiger partial charge is 0.416 e. The molecule has 2 aromatic carbocycles. The molecule has 2 aromatic heterocycles. The third-order valence-electron chi connectivity index (χ3n) is 5.49. The maximum atomic E-state index is 14.8. The number of aromatic amines is 1. The molecule has 0 fully saturated rings. The molecule has 2 heterocycles. The molecule has 0 bridgehead atoms. The van der Waals surface area contributed by atoms with Gasteiger partial charge >= 0.3 is 6.18 Å². The molecule has 0 saturated heterocycles. The van der Waals surface area contributed by atoms with E-state index in [0.29, 0.717) is 16.7 Å². The maximum absolute atomic E-state index is 14.8. The second kappa shape index (κ2) is 10.3. The minimum Gasteiger partial charge on any atom is -0.488 e. The topological polar surface area (TPSA) is 89.0 Å². The third-order valence-corrected chi connectivity index (χ3v) is 5.49. The number of hydrogen-bond donors (Lipinski definition) is 2. The molecule has 0 aliphatic heterocycles. The molecule has 0 unspecified atom stereocenters. The molecule has 0 saturated carbocycles. The lowest BCUT2D eigenvalue weighted by atomic mass is 10.0. The molecule has 37 heavy (non-hydrogen) atoms. The highest BCUT2D eigenvalue weighted by Crippen LogP contribution is 2.35. The van der Waals surface area contributed by atoms with Crippen molar-refractivity contribution in [3.05, 3.63) is 88.4 Å². The van der Waals surface area contributed by atoms with E-state index in [0.717, 1.165) is 12.1 Å². The minimum atomic E-state index is -4.64. The number of carbonyl (C=O) groups is 1. The molecule has 4 aromatic rings. The molecular formula is C26H22F4N4O3. The molecule has 0 aliphatic rings. The highest BCUT2D eigenvalue weighted by Gasteiger charge is 2.31. The third kappa shape index (κ3) is 6.05. The minimum absolute atomic E-state index is 0.0511. The summed E-state index contributed by atoms with van der Waals surface area (Å²) in [5.41, 5.74) is 0.236. The van der Waals surface area contributed by atoms with E-state index in [4.69, 9.17) is 4.74 Å². The van der Waals surface area contributed by atoms with E-state index < -0.39 is 35.4 Å². The van der Waals surface area contributed by atoms with Crippen LogP contribution in [0.5, 0.6) is 5.75 Å². The van der Waals surface area contributed by atoms with E-state index >= 15 is 0 Å². The highest BCUT2D eigenvalue weighted by atomic mass is 19.4. The van der Waals surface area contributed by atoms with Gasteiger partial charge in [0.05, 0.1) is 24.8 Å². The number of nitrogens with one attached hydrogen (secondary N) is 2. The van der Waals surface area contributed by atoms with Crippen molar-refractivity contribution in [3.8, 4) is 28.0 Å². The Morgan fingerprint density at radius 3 is 2.51 bits per heavy atom. The largest absolute Gasteiger partial charge is 0.488 e. The number of halogens is 4. The first kappa shape index (κ1) is 25.7. The maximum Gasteiger partial charge on any atom is 0.416 e. The summed E-state index contributed by atoms with van der Waals surface area (Å²) >= 11 is 0. The van der Waals surface area contributed by atoms with Gasteiger partial charge in [-0.3, -0.25) is 14.3 Å². The van der Waals surface area contributed by atoms with Crippen molar-refractivity contribution < 1.29 is 27.1 Å². The van der Waals surface area contributed by atoms with E-state index in [1.807, 2.05) is 0 Å². The van der Waals surface area contributed by atoms with E-state index in [-0.39, 0.29) is 29.2 Å². The predicted octanol–water partition coefficient (Wildman–Crippen LogP) is 5.18. The Hall–Kier alpha value is -4.41. The van der Waals surface area contributed by atoms with Gasteiger partial charge < -0.3 is 15.0 Å². The van der Waals surface area contributed by atoms with Crippen LogP contribution in [-0.2, 0) is 24.4 Å². The van der Waals surface area contributed by atoms with Gasteiger partial charge in [0.1, 0.15) is 5.82 Å². The normalized spacial score (nSPS) is 11.4. The summed E-state index contributed by atoms with van der Waals surface area (Å²) in [6.45, 7) is 2.01. The zero-order valence-electron chi connectivity index (χ0n) is 19.8. The summed E-state index contributed by atoms with van der Waals surface area (Å²) in [6, 6.07) is 8.86. The van der Waals surface area contributed by atoms with Crippen molar-refractivity contribution in [3.63, 3.8) is 0 Å². The van der Waals surface area contributed by atoms with Crippen LogP contribution in [0.25, 0.3) is 22.3 Å². The number of rotatable bonds is 7. The molecule has 4 rings (SSSR count). The number of pyridine rings is 1. The van der Waals surface area contributed by atoms with Crippen molar-refractivity contribution in [2.24, 2.45) is 7.05 Å². The van der Waals surface area contributed by atoms with Crippen LogP contribution in [0.4, 0.5) is 23.2 Å². The lowest BCUT2D eigenvalue weighted by molar-refractivity contribution is -0.137. The van der Waals surface area contributed by atoms with Crippen LogP contribution in [-0.4, -0.2) is 27.3 Å². The standard InChI is InChI=1S/C26H22F4N4O3/c1-3-37-23-9-18(12-31-25(23)36)15-4-5-16(22(27)8-15)10-24(35)33-21-7-17(19-13-32-34(2)14-19)6-20(11-21)26(28,29)30/h4-9,11-14H,3,10H2,1-2H3,(H,31,36)(H,33,35). The molecule has 1 amide bonds. The van der Waals surface area contributed by atoms with Gasteiger partial charge in [-0.15, -0.1) is 0 Å². The molecule has 0 aliphatic carbocycles. The Kier molecular flexibility index (Phi) is 7.14. The van der Waals surface area contributed by atoms with Gasteiger partial charge in [0, 0.05) is 36.3 Å². The number of alkyl halides is 3. The lowest BCUT2D eigenvalue weighted by Crippen LogP contribution is -2.16. The molecule has 0 radical (unpaired) electrons. The Balaban J connectivity index is 1.55. The second-order valence-corrected chi connectivity index (χ2v) is 8.25. The first-order chi connectivity index (χ1) is 17.5. The number of anilines is 1. The van der Waals surface area contributed by atoms with E-state index in [2.05, 4.69) is 15.4 Å². The number of nitrogens with zero attached hydrogens (tertiary/aromatic N) is 2. The van der Waals surface area contributed by atoms with Gasteiger partial charge in [-0.05, 0) is 53.9 Å². The quantitative estimate of drug-likeness (QED) is 0.333. The molecule has 7 nitrogen and oxygen atoms in total. The summed E-state index contributed by atoms with van der Waals surface area (Å²) in [5.74, 6) is -1.28. The Labute approximate surface area is 208 Å². The SMILES string of the molecule is CCOc1cc(-c2ccc(CC(=O)Nc3cc(-c4cnn(C)c4)cc(C(F)(F)F)c3)c(F)c2)c[nH]c1=O. The van der Waals surface area contributed by atoms with Gasteiger partial charge in [-0.1, -0.05) is 12.1 Å². The number of amides is 1. The predicted molar refractivity (Wildman–Crippen MR) is 130 cm³/mol. The average Bonchev–Trinajstić information content (AvgIpc) is 3.27. The van der Waals surface area contributed by atoms with Gasteiger partial charge in [0.25, 0.3) is 5.56 Å². The fourth-order valence-corrected chi connectivity index (χ4v) is 3.74. The summed E-state index contributed by atoms with van der Waals surface area (Å²) in [7, 11) is 1.63. The number of ether oxygens (including phenoxy) is 1. The van der Waals surface area contributed by atoms with Crippen molar-refractivity contribution in [2.75, 3.05) is 11.9 Å². The molecular weight excluding hydrogens is 492 g/mol. The Bertz CT molecular complexity index is 1510. The Morgan fingerprint density at radius 2 is 1.86 bits per heavy atom. The van der Waals surface area contributed by atoms with E-state index in [9.17, 15) is 27.2 Å². The monoisotopic (exact) mass is 514 g/mol. The summed E-state index contributed by atoms with van der Waals surface area (Å²) in [6.07, 6.45) is -0.654. The fraction of sp³-hybridized carbons (Fsp3) is 0.192. The van der Waals surface area contributed by atoms with Crippen LogP contribution in [0.3, 0.4) is 0 Å². The van der Waals surface area contributed by atoms with Crippen LogP contribution < -0.4 is 15.6 Å².